The van der Waals surface area contributed by atoms with E-state index in [1.165, 1.54) is 16.7 Å². The van der Waals surface area contributed by atoms with Crippen molar-refractivity contribution in [3.8, 4) is 0 Å². The summed E-state index contributed by atoms with van der Waals surface area (Å²) in [5.41, 5.74) is 4.06. The molecule has 0 aliphatic rings. The summed E-state index contributed by atoms with van der Waals surface area (Å²) in [5, 5.41) is 3.49. The summed E-state index contributed by atoms with van der Waals surface area (Å²) in [6, 6.07) is 6.61. The van der Waals surface area contributed by atoms with Crippen molar-refractivity contribution >= 4 is 0 Å². The second-order valence-electron chi connectivity index (χ2n) is 5.09. The van der Waals surface area contributed by atoms with E-state index in [1.54, 1.807) is 0 Å². The Balaban J connectivity index is 2.20. The molecule has 0 aromatic heterocycles. The molecule has 0 aliphatic heterocycles. The third kappa shape index (κ3) is 6.51. The van der Waals surface area contributed by atoms with Crippen LogP contribution in [0.3, 0.4) is 0 Å². The molecule has 0 unspecified atom stereocenters. The second kappa shape index (κ2) is 9.92. The first kappa shape index (κ1) is 17.2. The van der Waals surface area contributed by atoms with E-state index in [0.29, 0.717) is 13.2 Å². The third-order valence-electron chi connectivity index (χ3n) is 3.31. The molecule has 0 saturated carbocycles. The molecule has 0 bridgehead atoms. The lowest BCUT2D eigenvalue weighted by Gasteiger charge is -2.16. The fourth-order valence-corrected chi connectivity index (χ4v) is 2.25. The number of nitrogens with one attached hydrogen (secondary N) is 1. The minimum absolute atomic E-state index is 0.0482. The summed E-state index contributed by atoms with van der Waals surface area (Å²) in [4.78, 5) is 0. The van der Waals surface area contributed by atoms with Gasteiger partial charge in [0.05, 0.1) is 0 Å². The Hall–Kier alpha value is -0.900. The Bertz CT molecular complexity index is 373. The van der Waals surface area contributed by atoms with Crippen LogP contribution in [0.2, 0.25) is 0 Å². The second-order valence-corrected chi connectivity index (χ2v) is 5.09. The molecule has 1 rings (SSSR count). The summed E-state index contributed by atoms with van der Waals surface area (Å²) in [5.74, 6) is 0. The highest BCUT2D eigenvalue weighted by atomic mass is 16.7. The monoisotopic (exact) mass is 279 g/mol. The molecule has 0 spiro atoms. The minimum atomic E-state index is -0.0482. The normalized spacial score (nSPS) is 11.2. The van der Waals surface area contributed by atoms with Crippen molar-refractivity contribution in [2.75, 3.05) is 19.8 Å². The largest absolute Gasteiger partial charge is 0.353 e. The molecule has 0 fully saturated rings. The molecule has 3 heteroatoms. The number of benzene rings is 1. The highest BCUT2D eigenvalue weighted by molar-refractivity contribution is 5.30. The van der Waals surface area contributed by atoms with Gasteiger partial charge >= 0.3 is 0 Å². The van der Waals surface area contributed by atoms with Gasteiger partial charge in [0.2, 0.25) is 0 Å². The fraction of sp³-hybridized carbons (Fsp3) is 0.647. The number of hydrogen-bond acceptors (Lipinski definition) is 3. The van der Waals surface area contributed by atoms with E-state index in [9.17, 15) is 0 Å². The predicted molar refractivity (Wildman–Crippen MR) is 83.9 cm³/mol. The predicted octanol–water partition coefficient (Wildman–Crippen LogP) is 3.57. The molecule has 0 aliphatic carbocycles. The molecule has 0 radical (unpaired) electrons. The zero-order valence-electron chi connectivity index (χ0n) is 13.4. The van der Waals surface area contributed by atoms with Gasteiger partial charge in [0.25, 0.3) is 0 Å². The number of hydrogen-bond donors (Lipinski definition) is 1. The first-order valence-corrected chi connectivity index (χ1v) is 7.67. The van der Waals surface area contributed by atoms with Crippen LogP contribution in [0.15, 0.2) is 18.2 Å². The van der Waals surface area contributed by atoms with E-state index in [4.69, 9.17) is 9.47 Å². The van der Waals surface area contributed by atoms with Crippen LogP contribution in [0.4, 0.5) is 0 Å². The SMILES string of the molecule is CCOC(CCCNCc1ccc(C)cc1C)OCC. The van der Waals surface area contributed by atoms with E-state index in [1.807, 2.05) is 13.8 Å². The lowest BCUT2D eigenvalue weighted by atomic mass is 10.1. The molecule has 1 aromatic rings. The van der Waals surface area contributed by atoms with Crippen molar-refractivity contribution in [3.05, 3.63) is 34.9 Å². The highest BCUT2D eigenvalue weighted by Gasteiger charge is 2.06. The molecule has 3 nitrogen and oxygen atoms in total. The van der Waals surface area contributed by atoms with E-state index >= 15 is 0 Å². The number of ether oxygens (including phenoxy) is 2. The molecule has 1 N–H and O–H groups in total. The summed E-state index contributed by atoms with van der Waals surface area (Å²) in [6.45, 7) is 11.6. The maximum Gasteiger partial charge on any atom is 0.157 e. The maximum absolute atomic E-state index is 5.53. The molecule has 114 valence electrons. The lowest BCUT2D eigenvalue weighted by molar-refractivity contribution is -0.139. The van der Waals surface area contributed by atoms with Crippen LogP contribution in [0, 0.1) is 13.8 Å². The molecule has 0 atom stereocenters. The van der Waals surface area contributed by atoms with Crippen molar-refractivity contribution in [1.82, 2.24) is 5.32 Å². The van der Waals surface area contributed by atoms with Gasteiger partial charge in [-0.2, -0.15) is 0 Å². The van der Waals surface area contributed by atoms with Gasteiger partial charge in [0.15, 0.2) is 6.29 Å². The van der Waals surface area contributed by atoms with Crippen LogP contribution >= 0.6 is 0 Å². The molecular weight excluding hydrogens is 250 g/mol. The average molecular weight is 279 g/mol. The topological polar surface area (TPSA) is 30.5 Å². The summed E-state index contributed by atoms with van der Waals surface area (Å²) in [7, 11) is 0. The van der Waals surface area contributed by atoms with Crippen LogP contribution in [0.5, 0.6) is 0 Å². The lowest BCUT2D eigenvalue weighted by Crippen LogP contribution is -2.21. The quantitative estimate of drug-likeness (QED) is 0.524. The van der Waals surface area contributed by atoms with E-state index in [0.717, 1.165) is 25.9 Å². The van der Waals surface area contributed by atoms with Crippen molar-refractivity contribution < 1.29 is 9.47 Å². The van der Waals surface area contributed by atoms with E-state index in [2.05, 4.69) is 37.4 Å². The average Bonchev–Trinajstić information content (AvgIpc) is 2.41. The zero-order chi connectivity index (χ0) is 14.8. The van der Waals surface area contributed by atoms with Crippen LogP contribution < -0.4 is 5.32 Å². The highest BCUT2D eigenvalue weighted by Crippen LogP contribution is 2.10. The first-order valence-electron chi connectivity index (χ1n) is 7.67. The Morgan fingerprint density at radius 2 is 1.80 bits per heavy atom. The molecule has 1 aromatic carbocycles. The molecule has 0 saturated heterocycles. The van der Waals surface area contributed by atoms with Gasteiger partial charge in [0.1, 0.15) is 0 Å². The fourth-order valence-electron chi connectivity index (χ4n) is 2.25. The van der Waals surface area contributed by atoms with Gasteiger partial charge in [-0.1, -0.05) is 23.8 Å². The molecule has 0 amide bonds. The Morgan fingerprint density at radius 1 is 1.10 bits per heavy atom. The van der Waals surface area contributed by atoms with Gasteiger partial charge in [-0.05, 0) is 58.2 Å². The van der Waals surface area contributed by atoms with E-state index in [-0.39, 0.29) is 6.29 Å². The molecule has 20 heavy (non-hydrogen) atoms. The Morgan fingerprint density at radius 3 is 2.40 bits per heavy atom. The van der Waals surface area contributed by atoms with Crippen molar-refractivity contribution in [3.63, 3.8) is 0 Å². The van der Waals surface area contributed by atoms with Crippen LogP contribution in [-0.4, -0.2) is 26.0 Å². The smallest absolute Gasteiger partial charge is 0.157 e. The van der Waals surface area contributed by atoms with Crippen LogP contribution in [0.25, 0.3) is 0 Å². The van der Waals surface area contributed by atoms with Crippen LogP contribution in [0.1, 0.15) is 43.4 Å². The Labute approximate surface area is 123 Å². The van der Waals surface area contributed by atoms with Gasteiger partial charge in [-0.15, -0.1) is 0 Å². The zero-order valence-corrected chi connectivity index (χ0v) is 13.4. The van der Waals surface area contributed by atoms with Crippen LogP contribution in [-0.2, 0) is 16.0 Å². The van der Waals surface area contributed by atoms with Crippen molar-refractivity contribution in [1.29, 1.82) is 0 Å². The number of rotatable bonds is 10. The van der Waals surface area contributed by atoms with Gasteiger partial charge in [-0.3, -0.25) is 0 Å². The van der Waals surface area contributed by atoms with Gasteiger partial charge in [0, 0.05) is 19.8 Å². The third-order valence-corrected chi connectivity index (χ3v) is 3.31. The summed E-state index contributed by atoms with van der Waals surface area (Å²) in [6.07, 6.45) is 1.96. The van der Waals surface area contributed by atoms with Crippen molar-refractivity contribution in [2.24, 2.45) is 0 Å². The maximum atomic E-state index is 5.53. The van der Waals surface area contributed by atoms with Crippen molar-refractivity contribution in [2.45, 2.75) is 53.4 Å². The standard InChI is InChI=1S/C17H29NO2/c1-5-19-17(20-6-2)8-7-11-18-13-16-10-9-14(3)12-15(16)4/h9-10,12,17-18H,5-8,11,13H2,1-4H3. The summed E-state index contributed by atoms with van der Waals surface area (Å²) < 4.78 is 11.1. The minimum Gasteiger partial charge on any atom is -0.353 e. The van der Waals surface area contributed by atoms with Gasteiger partial charge < -0.3 is 14.8 Å². The van der Waals surface area contributed by atoms with Gasteiger partial charge in [-0.25, -0.2) is 0 Å². The Kier molecular flexibility index (Phi) is 8.51. The first-order chi connectivity index (χ1) is 9.67. The molecular formula is C17H29NO2. The summed E-state index contributed by atoms with van der Waals surface area (Å²) >= 11 is 0. The molecule has 0 heterocycles. The number of aryl methyl sites for hydroxylation is 2. The van der Waals surface area contributed by atoms with E-state index < -0.39 is 0 Å².